The molecule has 5 heteroatoms. The Morgan fingerprint density at radius 3 is 2.89 bits per heavy atom. The van der Waals surface area contributed by atoms with Gasteiger partial charge < -0.3 is 9.64 Å². The lowest BCUT2D eigenvalue weighted by Gasteiger charge is -2.35. The highest BCUT2D eigenvalue weighted by Gasteiger charge is 2.25. The minimum absolute atomic E-state index is 0.407. The van der Waals surface area contributed by atoms with Crippen molar-refractivity contribution in [3.8, 4) is 0 Å². The molecule has 1 aliphatic rings. The number of ether oxygens (including phenoxy) is 1. The van der Waals surface area contributed by atoms with Gasteiger partial charge in [-0.2, -0.15) is 0 Å². The number of anilines is 1. The monoisotopic (exact) mass is 268 g/mol. The summed E-state index contributed by atoms with van der Waals surface area (Å²) in [6.45, 7) is 7.05. The van der Waals surface area contributed by atoms with Crippen LogP contribution in [0.1, 0.15) is 35.6 Å². The van der Waals surface area contributed by atoms with E-state index in [-0.39, 0.29) is 0 Å². The van der Waals surface area contributed by atoms with Gasteiger partial charge in [0, 0.05) is 20.2 Å². The number of piperidine rings is 1. The largest absolute Gasteiger partial charge is 0.378 e. The lowest BCUT2D eigenvalue weighted by atomic mass is 9.89. The van der Waals surface area contributed by atoms with Crippen molar-refractivity contribution in [2.24, 2.45) is 11.8 Å². The van der Waals surface area contributed by atoms with E-state index in [2.05, 4.69) is 23.7 Å². The van der Waals surface area contributed by atoms with Crippen LogP contribution in [0.5, 0.6) is 0 Å². The smallest absolute Gasteiger partial charge is 0.186 e. The number of nitrogens with zero attached hydrogens (tertiary/aromatic N) is 2. The van der Waals surface area contributed by atoms with Crippen molar-refractivity contribution < 1.29 is 9.53 Å². The fraction of sp³-hybridized carbons (Fsp3) is 0.692. The summed E-state index contributed by atoms with van der Waals surface area (Å²) in [5, 5.41) is 0.961. The van der Waals surface area contributed by atoms with E-state index in [0.29, 0.717) is 17.4 Å². The molecule has 1 aromatic rings. The molecular formula is C13H20N2O2S. The Balaban J connectivity index is 2.15. The number of methoxy groups -OCH3 is 1. The summed E-state index contributed by atoms with van der Waals surface area (Å²) in [5.41, 5.74) is 0.763. The Bertz CT molecular complexity index is 419. The first kappa shape index (κ1) is 13.5. The van der Waals surface area contributed by atoms with E-state index >= 15 is 0 Å². The number of rotatable bonds is 4. The van der Waals surface area contributed by atoms with Crippen LogP contribution in [0.15, 0.2) is 0 Å². The van der Waals surface area contributed by atoms with Crippen molar-refractivity contribution in [2.45, 2.75) is 26.9 Å². The molecule has 18 heavy (non-hydrogen) atoms. The average Bonchev–Trinajstić information content (AvgIpc) is 2.76. The van der Waals surface area contributed by atoms with Crippen LogP contribution in [0.3, 0.4) is 0 Å². The number of aromatic nitrogens is 1. The summed E-state index contributed by atoms with van der Waals surface area (Å²) < 4.78 is 5.08. The molecule has 100 valence electrons. The molecule has 2 unspecified atom stereocenters. The van der Waals surface area contributed by atoms with E-state index in [1.807, 2.05) is 0 Å². The number of hydrogen-bond donors (Lipinski definition) is 0. The Kier molecular flexibility index (Phi) is 4.35. The van der Waals surface area contributed by atoms with Crippen LogP contribution in [0, 0.1) is 11.8 Å². The van der Waals surface area contributed by atoms with E-state index in [1.165, 1.54) is 17.8 Å². The van der Waals surface area contributed by atoms with Crippen molar-refractivity contribution in [2.75, 3.05) is 25.1 Å². The topological polar surface area (TPSA) is 42.4 Å². The molecule has 2 atom stereocenters. The second-order valence-corrected chi connectivity index (χ2v) is 6.06. The number of carbonyl (C=O) groups excluding carboxylic acids is 1. The third-order valence-corrected chi connectivity index (χ3v) is 4.79. The summed E-state index contributed by atoms with van der Waals surface area (Å²) in [6, 6.07) is 0. The first-order valence-electron chi connectivity index (χ1n) is 6.34. The maximum absolute atomic E-state index is 11.0. The summed E-state index contributed by atoms with van der Waals surface area (Å²) in [5.74, 6) is 1.44. The molecule has 0 aliphatic carbocycles. The number of hydrogen-bond acceptors (Lipinski definition) is 5. The zero-order valence-corrected chi connectivity index (χ0v) is 12.0. The molecule has 1 fully saturated rings. The molecule has 0 spiro atoms. The quantitative estimate of drug-likeness (QED) is 0.787. The highest BCUT2D eigenvalue weighted by molar-refractivity contribution is 7.17. The Morgan fingerprint density at radius 2 is 2.28 bits per heavy atom. The van der Waals surface area contributed by atoms with Crippen LogP contribution in [0.4, 0.5) is 5.13 Å². The van der Waals surface area contributed by atoms with Crippen LogP contribution in [0.25, 0.3) is 0 Å². The van der Waals surface area contributed by atoms with Crippen molar-refractivity contribution in [1.82, 2.24) is 4.98 Å². The van der Waals surface area contributed by atoms with Crippen LogP contribution in [-0.2, 0) is 11.3 Å². The van der Waals surface area contributed by atoms with Crippen LogP contribution >= 0.6 is 11.3 Å². The summed E-state index contributed by atoms with van der Waals surface area (Å²) >= 11 is 1.48. The van der Waals surface area contributed by atoms with Crippen LogP contribution in [-0.4, -0.2) is 31.5 Å². The lowest BCUT2D eigenvalue weighted by Crippen LogP contribution is -2.38. The van der Waals surface area contributed by atoms with E-state index in [0.717, 1.165) is 36.1 Å². The number of carbonyl (C=O) groups is 1. The fourth-order valence-electron chi connectivity index (χ4n) is 2.25. The first-order chi connectivity index (χ1) is 8.65. The molecule has 0 aromatic carbocycles. The minimum Gasteiger partial charge on any atom is -0.378 e. The van der Waals surface area contributed by atoms with Gasteiger partial charge in [-0.1, -0.05) is 25.2 Å². The van der Waals surface area contributed by atoms with Gasteiger partial charge in [0.25, 0.3) is 0 Å². The van der Waals surface area contributed by atoms with Gasteiger partial charge in [0.15, 0.2) is 11.4 Å². The molecule has 1 aromatic heterocycles. The van der Waals surface area contributed by atoms with Gasteiger partial charge in [-0.3, -0.25) is 4.79 Å². The third kappa shape index (κ3) is 2.72. The average molecular weight is 268 g/mol. The van der Waals surface area contributed by atoms with Crippen molar-refractivity contribution in [1.29, 1.82) is 0 Å². The molecule has 0 bridgehead atoms. The molecule has 0 radical (unpaired) electrons. The van der Waals surface area contributed by atoms with Crippen molar-refractivity contribution in [3.05, 3.63) is 10.6 Å². The highest BCUT2D eigenvalue weighted by atomic mass is 32.1. The van der Waals surface area contributed by atoms with Crippen LogP contribution in [0.2, 0.25) is 0 Å². The van der Waals surface area contributed by atoms with Crippen LogP contribution < -0.4 is 4.90 Å². The number of aldehydes is 1. The maximum Gasteiger partial charge on any atom is 0.186 e. The lowest BCUT2D eigenvalue weighted by molar-refractivity contribution is 0.112. The number of thiazole rings is 1. The van der Waals surface area contributed by atoms with Gasteiger partial charge in [0.1, 0.15) is 0 Å². The molecule has 1 saturated heterocycles. The van der Waals surface area contributed by atoms with E-state index < -0.39 is 0 Å². The van der Waals surface area contributed by atoms with E-state index in [1.54, 1.807) is 7.11 Å². The zero-order valence-electron chi connectivity index (χ0n) is 11.2. The third-order valence-electron chi connectivity index (χ3n) is 3.71. The SMILES string of the molecule is COCc1nc(N2CCC(C)C(C)C2)sc1C=O. The Labute approximate surface area is 112 Å². The molecule has 0 N–H and O–H groups in total. The molecule has 2 heterocycles. The molecule has 0 saturated carbocycles. The fourth-order valence-corrected chi connectivity index (χ4v) is 3.17. The Morgan fingerprint density at radius 1 is 1.50 bits per heavy atom. The standard InChI is InChI=1S/C13H20N2O2S/c1-9-4-5-15(6-10(9)2)13-14-11(8-17-3)12(7-16)18-13/h7,9-10H,4-6,8H2,1-3H3. The first-order valence-corrected chi connectivity index (χ1v) is 7.16. The molecule has 2 rings (SSSR count). The summed E-state index contributed by atoms with van der Waals surface area (Å²) in [6.07, 6.45) is 2.07. The predicted molar refractivity (Wildman–Crippen MR) is 73.4 cm³/mol. The summed E-state index contributed by atoms with van der Waals surface area (Å²) in [7, 11) is 1.62. The van der Waals surface area contributed by atoms with Crippen molar-refractivity contribution >= 4 is 22.8 Å². The molecule has 4 nitrogen and oxygen atoms in total. The molecule has 1 aliphatic heterocycles. The normalized spacial score (nSPS) is 24.3. The second-order valence-electron chi connectivity index (χ2n) is 5.05. The van der Waals surface area contributed by atoms with Gasteiger partial charge in [-0.25, -0.2) is 4.98 Å². The molecule has 0 amide bonds. The summed E-state index contributed by atoms with van der Waals surface area (Å²) in [4.78, 5) is 18.5. The predicted octanol–water partition coefficient (Wildman–Crippen LogP) is 2.58. The Hall–Kier alpha value is -0.940. The van der Waals surface area contributed by atoms with Gasteiger partial charge in [0.05, 0.1) is 17.2 Å². The van der Waals surface area contributed by atoms with Crippen molar-refractivity contribution in [3.63, 3.8) is 0 Å². The van der Waals surface area contributed by atoms with Gasteiger partial charge in [-0.15, -0.1) is 0 Å². The molecular weight excluding hydrogens is 248 g/mol. The second kappa shape index (κ2) is 5.80. The highest BCUT2D eigenvalue weighted by Crippen LogP contribution is 2.31. The van der Waals surface area contributed by atoms with Gasteiger partial charge in [0.2, 0.25) is 0 Å². The van der Waals surface area contributed by atoms with Gasteiger partial charge in [-0.05, 0) is 18.3 Å². The maximum atomic E-state index is 11.0. The zero-order chi connectivity index (χ0) is 13.1. The van der Waals surface area contributed by atoms with E-state index in [4.69, 9.17) is 4.74 Å². The van der Waals surface area contributed by atoms with Gasteiger partial charge >= 0.3 is 0 Å². The van der Waals surface area contributed by atoms with E-state index in [9.17, 15) is 4.79 Å². The minimum atomic E-state index is 0.407.